The van der Waals surface area contributed by atoms with Crippen molar-refractivity contribution in [3.8, 4) is 0 Å². The van der Waals surface area contributed by atoms with Gasteiger partial charge in [-0.25, -0.2) is 8.42 Å². The van der Waals surface area contributed by atoms with Crippen LogP contribution in [0.3, 0.4) is 0 Å². The lowest BCUT2D eigenvalue weighted by Gasteiger charge is -2.12. The molecular formula is C18H22N2O4S. The highest BCUT2D eigenvalue weighted by Gasteiger charge is 2.19. The summed E-state index contributed by atoms with van der Waals surface area (Å²) in [6.45, 7) is 4.36. The van der Waals surface area contributed by atoms with Crippen molar-refractivity contribution in [3.05, 3.63) is 59.2 Å². The fourth-order valence-corrected chi connectivity index (χ4v) is 3.56. The molecule has 2 rings (SSSR count). The molecule has 0 saturated carbocycles. The Labute approximate surface area is 148 Å². The molecule has 25 heavy (non-hydrogen) atoms. The van der Waals surface area contributed by atoms with Crippen LogP contribution >= 0.6 is 0 Å². The maximum atomic E-state index is 12.7. The minimum Gasteiger partial charge on any atom is -0.383 e. The standard InChI is InChI=1S/C18H22N2O4S/c1-13-4-8-16(9-5-13)20-25(22,23)17-12-15(7-6-14(17)2)18(21)19-10-11-24-3/h4-9,12,20H,10-11H2,1-3H3,(H,19,21). The van der Waals surface area contributed by atoms with Gasteiger partial charge in [0.15, 0.2) is 0 Å². The third-order valence-corrected chi connectivity index (χ3v) is 5.16. The first-order chi connectivity index (χ1) is 11.8. The number of carbonyl (C=O) groups excluding carboxylic acids is 1. The number of rotatable bonds is 7. The summed E-state index contributed by atoms with van der Waals surface area (Å²) in [7, 11) is -2.25. The van der Waals surface area contributed by atoms with Crippen LogP contribution in [0.5, 0.6) is 0 Å². The van der Waals surface area contributed by atoms with Crippen LogP contribution in [0.25, 0.3) is 0 Å². The van der Waals surface area contributed by atoms with Crippen LogP contribution < -0.4 is 10.0 Å². The third-order valence-electron chi connectivity index (χ3n) is 3.64. The number of hydrogen-bond donors (Lipinski definition) is 2. The second-order valence-corrected chi connectivity index (χ2v) is 7.35. The summed E-state index contributed by atoms with van der Waals surface area (Å²) < 4.78 is 32.8. The summed E-state index contributed by atoms with van der Waals surface area (Å²) >= 11 is 0. The molecule has 0 aliphatic rings. The molecule has 0 bridgehead atoms. The van der Waals surface area contributed by atoms with Crippen LogP contribution in [0.4, 0.5) is 5.69 Å². The second-order valence-electron chi connectivity index (χ2n) is 5.70. The van der Waals surface area contributed by atoms with E-state index in [4.69, 9.17) is 4.74 Å². The fraction of sp³-hybridized carbons (Fsp3) is 0.278. The first-order valence-electron chi connectivity index (χ1n) is 7.81. The summed E-state index contributed by atoms with van der Waals surface area (Å²) in [5.74, 6) is -0.344. The molecule has 0 aliphatic heterocycles. The quantitative estimate of drug-likeness (QED) is 0.741. The van der Waals surface area contributed by atoms with Gasteiger partial charge in [0.25, 0.3) is 15.9 Å². The van der Waals surface area contributed by atoms with Crippen molar-refractivity contribution >= 4 is 21.6 Å². The number of anilines is 1. The highest BCUT2D eigenvalue weighted by atomic mass is 32.2. The van der Waals surface area contributed by atoms with Crippen LogP contribution in [0.15, 0.2) is 47.4 Å². The zero-order valence-corrected chi connectivity index (χ0v) is 15.3. The highest BCUT2D eigenvalue weighted by Crippen LogP contribution is 2.21. The number of hydrogen-bond acceptors (Lipinski definition) is 4. The van der Waals surface area contributed by atoms with Gasteiger partial charge < -0.3 is 10.1 Å². The smallest absolute Gasteiger partial charge is 0.262 e. The average molecular weight is 362 g/mol. The molecular weight excluding hydrogens is 340 g/mol. The number of nitrogens with one attached hydrogen (secondary N) is 2. The Balaban J connectivity index is 2.26. The molecule has 0 fully saturated rings. The lowest BCUT2D eigenvalue weighted by atomic mass is 10.1. The lowest BCUT2D eigenvalue weighted by molar-refractivity contribution is 0.0937. The lowest BCUT2D eigenvalue weighted by Crippen LogP contribution is -2.27. The van der Waals surface area contributed by atoms with Crippen LogP contribution in [-0.4, -0.2) is 34.6 Å². The molecule has 6 nitrogen and oxygen atoms in total. The van der Waals surface area contributed by atoms with Crippen molar-refractivity contribution < 1.29 is 17.9 Å². The van der Waals surface area contributed by atoms with Crippen molar-refractivity contribution in [2.24, 2.45) is 0 Å². The molecule has 2 aromatic carbocycles. The van der Waals surface area contributed by atoms with Crippen molar-refractivity contribution in [1.82, 2.24) is 5.32 Å². The minimum atomic E-state index is -3.79. The predicted molar refractivity (Wildman–Crippen MR) is 97.4 cm³/mol. The van der Waals surface area contributed by atoms with Gasteiger partial charge in [0.05, 0.1) is 11.5 Å². The van der Waals surface area contributed by atoms with Gasteiger partial charge in [0, 0.05) is 24.9 Å². The number of sulfonamides is 1. The van der Waals surface area contributed by atoms with Gasteiger partial charge >= 0.3 is 0 Å². The Bertz CT molecular complexity index is 846. The molecule has 0 radical (unpaired) electrons. The van der Waals surface area contributed by atoms with Crippen molar-refractivity contribution in [2.45, 2.75) is 18.7 Å². The van der Waals surface area contributed by atoms with Crippen molar-refractivity contribution in [3.63, 3.8) is 0 Å². The Morgan fingerprint density at radius 2 is 1.76 bits per heavy atom. The fourth-order valence-electron chi connectivity index (χ4n) is 2.23. The molecule has 7 heteroatoms. The highest BCUT2D eigenvalue weighted by molar-refractivity contribution is 7.92. The Hall–Kier alpha value is -2.38. The van der Waals surface area contributed by atoms with E-state index in [0.29, 0.717) is 24.4 Å². The van der Waals surface area contributed by atoms with Crippen LogP contribution in [0.2, 0.25) is 0 Å². The van der Waals surface area contributed by atoms with Gasteiger partial charge in [-0.2, -0.15) is 0 Å². The zero-order chi connectivity index (χ0) is 18.4. The number of aryl methyl sites for hydroxylation is 2. The zero-order valence-electron chi connectivity index (χ0n) is 14.5. The molecule has 0 saturated heterocycles. The van der Waals surface area contributed by atoms with Gasteiger partial charge in [0.1, 0.15) is 0 Å². The third kappa shape index (κ3) is 5.04. The number of ether oxygens (including phenoxy) is 1. The maximum Gasteiger partial charge on any atom is 0.262 e. The van der Waals surface area contributed by atoms with Gasteiger partial charge in [-0.3, -0.25) is 9.52 Å². The number of benzene rings is 2. The SMILES string of the molecule is COCCNC(=O)c1ccc(C)c(S(=O)(=O)Nc2ccc(C)cc2)c1. The molecule has 0 unspecified atom stereocenters. The first kappa shape index (κ1) is 19.0. The van der Waals surface area contributed by atoms with Gasteiger partial charge in [-0.05, 0) is 43.7 Å². The van der Waals surface area contributed by atoms with Gasteiger partial charge in [-0.1, -0.05) is 23.8 Å². The van der Waals surface area contributed by atoms with E-state index in [1.54, 1.807) is 38.3 Å². The molecule has 2 N–H and O–H groups in total. The van der Waals surface area contributed by atoms with Crippen LogP contribution in [0, 0.1) is 13.8 Å². The summed E-state index contributed by atoms with van der Waals surface area (Å²) in [6.07, 6.45) is 0. The Morgan fingerprint density at radius 3 is 2.40 bits per heavy atom. The summed E-state index contributed by atoms with van der Waals surface area (Å²) in [4.78, 5) is 12.2. The van der Waals surface area contributed by atoms with Crippen molar-refractivity contribution in [1.29, 1.82) is 0 Å². The number of carbonyl (C=O) groups is 1. The van der Waals surface area contributed by atoms with E-state index in [-0.39, 0.29) is 16.4 Å². The molecule has 2 aromatic rings. The molecule has 0 aliphatic carbocycles. The average Bonchev–Trinajstić information content (AvgIpc) is 2.57. The molecule has 134 valence electrons. The second kappa shape index (κ2) is 8.13. The van der Waals surface area contributed by atoms with E-state index >= 15 is 0 Å². The minimum absolute atomic E-state index is 0.0764. The van der Waals surface area contributed by atoms with Gasteiger partial charge in [0.2, 0.25) is 0 Å². The van der Waals surface area contributed by atoms with Crippen molar-refractivity contribution in [2.75, 3.05) is 25.0 Å². The Kier molecular flexibility index (Phi) is 6.17. The number of amides is 1. The monoisotopic (exact) mass is 362 g/mol. The first-order valence-corrected chi connectivity index (χ1v) is 9.29. The van der Waals surface area contributed by atoms with E-state index in [1.807, 2.05) is 19.1 Å². The largest absolute Gasteiger partial charge is 0.383 e. The van der Waals surface area contributed by atoms with Gasteiger partial charge in [-0.15, -0.1) is 0 Å². The normalized spacial score (nSPS) is 11.2. The van der Waals surface area contributed by atoms with E-state index < -0.39 is 10.0 Å². The Morgan fingerprint density at radius 1 is 1.08 bits per heavy atom. The number of methoxy groups -OCH3 is 1. The van der Waals surface area contributed by atoms with E-state index in [2.05, 4.69) is 10.0 Å². The summed E-state index contributed by atoms with van der Waals surface area (Å²) in [5.41, 5.74) is 2.35. The summed E-state index contributed by atoms with van der Waals surface area (Å²) in [5, 5.41) is 2.67. The van der Waals surface area contributed by atoms with E-state index in [0.717, 1.165) is 5.56 Å². The van der Waals surface area contributed by atoms with E-state index in [9.17, 15) is 13.2 Å². The van der Waals surface area contributed by atoms with Crippen LogP contribution in [-0.2, 0) is 14.8 Å². The molecule has 0 heterocycles. The molecule has 0 spiro atoms. The molecule has 0 atom stereocenters. The molecule has 0 aromatic heterocycles. The molecule has 1 amide bonds. The summed E-state index contributed by atoms with van der Waals surface area (Å²) in [6, 6.07) is 11.6. The predicted octanol–water partition coefficient (Wildman–Crippen LogP) is 2.48. The van der Waals surface area contributed by atoms with E-state index in [1.165, 1.54) is 6.07 Å². The topological polar surface area (TPSA) is 84.5 Å². The maximum absolute atomic E-state index is 12.7. The van der Waals surface area contributed by atoms with Crippen LogP contribution in [0.1, 0.15) is 21.5 Å².